The number of hydrogen-bond acceptors (Lipinski definition) is 3. The van der Waals surface area contributed by atoms with Gasteiger partial charge in [0, 0.05) is 19.0 Å². The summed E-state index contributed by atoms with van der Waals surface area (Å²) in [4.78, 5) is 16.1. The first-order valence-electron chi connectivity index (χ1n) is 5.41. The van der Waals surface area contributed by atoms with E-state index < -0.39 is 0 Å². The highest BCUT2D eigenvalue weighted by molar-refractivity contribution is 5.82. The van der Waals surface area contributed by atoms with Crippen molar-refractivity contribution >= 4 is 5.91 Å². The number of nitrogens with zero attached hydrogens (tertiary/aromatic N) is 2. The monoisotopic (exact) mass is 197 g/mol. The second kappa shape index (κ2) is 3.87. The topological polar surface area (TPSA) is 49.6 Å². The maximum absolute atomic E-state index is 11.9. The Morgan fingerprint density at radius 3 is 2.71 bits per heavy atom. The highest BCUT2D eigenvalue weighted by Crippen LogP contribution is 2.22. The number of likely N-dealkylation sites (N-methyl/N-ethyl adjacent to an activating group) is 1. The minimum Gasteiger partial charge on any atom is -0.341 e. The van der Waals surface area contributed by atoms with Crippen LogP contribution in [0.5, 0.6) is 0 Å². The van der Waals surface area contributed by atoms with Gasteiger partial charge in [0.1, 0.15) is 0 Å². The van der Waals surface area contributed by atoms with Gasteiger partial charge in [-0.15, -0.1) is 0 Å². The summed E-state index contributed by atoms with van der Waals surface area (Å²) < 4.78 is 0. The lowest BCUT2D eigenvalue weighted by Crippen LogP contribution is -2.56. The number of amides is 1. The van der Waals surface area contributed by atoms with Crippen LogP contribution in [-0.4, -0.2) is 55.0 Å². The lowest BCUT2D eigenvalue weighted by atomic mass is 9.99. The summed E-state index contributed by atoms with van der Waals surface area (Å²) in [7, 11) is 2.04. The van der Waals surface area contributed by atoms with Crippen molar-refractivity contribution in [2.24, 2.45) is 11.7 Å². The van der Waals surface area contributed by atoms with E-state index >= 15 is 0 Å². The van der Waals surface area contributed by atoms with Crippen molar-refractivity contribution < 1.29 is 4.79 Å². The van der Waals surface area contributed by atoms with Crippen LogP contribution in [0, 0.1) is 5.92 Å². The average molecular weight is 197 g/mol. The van der Waals surface area contributed by atoms with Crippen molar-refractivity contribution in [3.63, 3.8) is 0 Å². The van der Waals surface area contributed by atoms with E-state index in [2.05, 4.69) is 4.90 Å². The van der Waals surface area contributed by atoms with E-state index in [0.29, 0.717) is 18.4 Å². The van der Waals surface area contributed by atoms with Crippen molar-refractivity contribution in [2.75, 3.05) is 33.2 Å². The Morgan fingerprint density at radius 1 is 1.50 bits per heavy atom. The Balaban J connectivity index is 1.84. The first-order valence-corrected chi connectivity index (χ1v) is 5.41. The molecule has 1 amide bonds. The van der Waals surface area contributed by atoms with E-state index in [4.69, 9.17) is 5.73 Å². The van der Waals surface area contributed by atoms with E-state index in [1.165, 1.54) is 0 Å². The van der Waals surface area contributed by atoms with Gasteiger partial charge in [-0.25, -0.2) is 0 Å². The molecule has 0 aliphatic carbocycles. The molecule has 4 heteroatoms. The van der Waals surface area contributed by atoms with Gasteiger partial charge >= 0.3 is 0 Å². The molecule has 0 spiro atoms. The summed E-state index contributed by atoms with van der Waals surface area (Å²) >= 11 is 0. The Morgan fingerprint density at radius 2 is 2.21 bits per heavy atom. The predicted molar refractivity (Wildman–Crippen MR) is 54.8 cm³/mol. The summed E-state index contributed by atoms with van der Waals surface area (Å²) in [6, 6.07) is 0.147. The molecule has 2 rings (SSSR count). The molecule has 0 aromatic rings. The van der Waals surface area contributed by atoms with Gasteiger partial charge in [0.2, 0.25) is 5.91 Å². The van der Waals surface area contributed by atoms with E-state index in [9.17, 15) is 4.79 Å². The minimum absolute atomic E-state index is 0.147. The molecule has 0 aromatic heterocycles. The largest absolute Gasteiger partial charge is 0.341 e. The molecule has 80 valence electrons. The number of hydrogen-bond donors (Lipinski definition) is 1. The Bertz CT molecular complexity index is 225. The van der Waals surface area contributed by atoms with E-state index in [1.807, 2.05) is 11.9 Å². The van der Waals surface area contributed by atoms with Gasteiger partial charge in [0.15, 0.2) is 0 Å². The molecule has 1 unspecified atom stereocenters. The highest BCUT2D eigenvalue weighted by atomic mass is 16.2. The fourth-order valence-electron chi connectivity index (χ4n) is 2.33. The Hall–Kier alpha value is -0.610. The van der Waals surface area contributed by atoms with Crippen LogP contribution in [0.2, 0.25) is 0 Å². The van der Waals surface area contributed by atoms with Gasteiger partial charge < -0.3 is 10.6 Å². The zero-order chi connectivity index (χ0) is 10.1. The lowest BCUT2D eigenvalue weighted by Gasteiger charge is -2.40. The third-order valence-corrected chi connectivity index (χ3v) is 3.41. The summed E-state index contributed by atoms with van der Waals surface area (Å²) in [5.41, 5.74) is 5.53. The molecular weight excluding hydrogens is 178 g/mol. The molecule has 1 atom stereocenters. The third kappa shape index (κ3) is 1.64. The van der Waals surface area contributed by atoms with Crippen LogP contribution in [0.15, 0.2) is 0 Å². The zero-order valence-corrected chi connectivity index (χ0v) is 8.78. The van der Waals surface area contributed by atoms with Crippen LogP contribution in [0.1, 0.15) is 12.8 Å². The second-order valence-electron chi connectivity index (χ2n) is 4.48. The molecule has 4 nitrogen and oxygen atoms in total. The molecule has 2 saturated heterocycles. The van der Waals surface area contributed by atoms with Crippen LogP contribution in [-0.2, 0) is 4.79 Å². The fourth-order valence-corrected chi connectivity index (χ4v) is 2.33. The lowest BCUT2D eigenvalue weighted by molar-refractivity contribution is -0.141. The molecule has 2 N–H and O–H groups in total. The second-order valence-corrected chi connectivity index (χ2v) is 4.48. The summed E-state index contributed by atoms with van der Waals surface area (Å²) in [5, 5.41) is 0. The molecule has 0 bridgehead atoms. The van der Waals surface area contributed by atoms with Gasteiger partial charge in [0.05, 0.1) is 6.04 Å². The van der Waals surface area contributed by atoms with Gasteiger partial charge in [0.25, 0.3) is 0 Å². The number of nitrogens with two attached hydrogens (primary N) is 1. The van der Waals surface area contributed by atoms with Crippen molar-refractivity contribution in [3.05, 3.63) is 0 Å². The van der Waals surface area contributed by atoms with Crippen LogP contribution in [0.3, 0.4) is 0 Å². The van der Waals surface area contributed by atoms with Gasteiger partial charge in [-0.3, -0.25) is 9.69 Å². The maximum Gasteiger partial charge on any atom is 0.239 e. The van der Waals surface area contributed by atoms with Crippen molar-refractivity contribution in [1.29, 1.82) is 0 Å². The van der Waals surface area contributed by atoms with E-state index in [1.54, 1.807) is 0 Å². The molecule has 0 saturated carbocycles. The SMILES string of the molecule is CN1CCCC1C(=O)N1CC(CN)C1. The molecule has 0 radical (unpaired) electrons. The average Bonchev–Trinajstić information content (AvgIpc) is 2.49. The smallest absolute Gasteiger partial charge is 0.239 e. The quantitative estimate of drug-likeness (QED) is 0.649. The number of rotatable bonds is 2. The van der Waals surface area contributed by atoms with Crippen LogP contribution < -0.4 is 5.73 Å². The van der Waals surface area contributed by atoms with Crippen molar-refractivity contribution in [3.8, 4) is 0 Å². The van der Waals surface area contributed by atoms with Gasteiger partial charge in [-0.2, -0.15) is 0 Å². The Kier molecular flexibility index (Phi) is 2.74. The molecule has 0 aromatic carbocycles. The van der Waals surface area contributed by atoms with Crippen molar-refractivity contribution in [2.45, 2.75) is 18.9 Å². The van der Waals surface area contributed by atoms with Crippen LogP contribution >= 0.6 is 0 Å². The van der Waals surface area contributed by atoms with Crippen molar-refractivity contribution in [1.82, 2.24) is 9.80 Å². The minimum atomic E-state index is 0.147. The van der Waals surface area contributed by atoms with Gasteiger partial charge in [-0.1, -0.05) is 0 Å². The fraction of sp³-hybridized carbons (Fsp3) is 0.900. The molecule has 2 fully saturated rings. The predicted octanol–water partition coefficient (Wildman–Crippen LogP) is -0.502. The maximum atomic E-state index is 11.9. The first kappa shape index (κ1) is 9.93. The standard InChI is InChI=1S/C10H19N3O/c1-12-4-2-3-9(12)10(14)13-6-8(5-11)7-13/h8-9H,2-7,11H2,1H3. The number of carbonyl (C=O) groups excluding carboxylic acids is 1. The molecular formula is C10H19N3O. The summed E-state index contributed by atoms with van der Waals surface area (Å²) in [6.07, 6.45) is 2.18. The first-order chi connectivity index (χ1) is 6.72. The van der Waals surface area contributed by atoms with Crippen LogP contribution in [0.4, 0.5) is 0 Å². The third-order valence-electron chi connectivity index (χ3n) is 3.41. The zero-order valence-electron chi connectivity index (χ0n) is 8.78. The number of likely N-dealkylation sites (tertiary alicyclic amines) is 2. The van der Waals surface area contributed by atoms with Gasteiger partial charge in [-0.05, 0) is 33.0 Å². The molecule has 2 aliphatic heterocycles. The van der Waals surface area contributed by atoms with E-state index in [0.717, 1.165) is 32.5 Å². The van der Waals surface area contributed by atoms with E-state index in [-0.39, 0.29) is 6.04 Å². The van der Waals surface area contributed by atoms with Crippen LogP contribution in [0.25, 0.3) is 0 Å². The summed E-state index contributed by atoms with van der Waals surface area (Å²) in [5.74, 6) is 0.861. The normalized spacial score (nSPS) is 29.3. The number of carbonyl (C=O) groups is 1. The molecule has 2 heterocycles. The summed E-state index contributed by atoms with van der Waals surface area (Å²) in [6.45, 7) is 3.52. The molecule has 14 heavy (non-hydrogen) atoms. The highest BCUT2D eigenvalue weighted by Gasteiger charge is 2.36. The molecule has 2 aliphatic rings. The Labute approximate surface area is 85.0 Å².